The number of anilines is 1. The van der Waals surface area contributed by atoms with E-state index in [1.165, 1.54) is 13.1 Å². The minimum atomic E-state index is -0.806. The molecule has 0 bridgehead atoms. The van der Waals surface area contributed by atoms with Crippen LogP contribution in [0.1, 0.15) is 45.1 Å². The van der Waals surface area contributed by atoms with Gasteiger partial charge in [0, 0.05) is 25.5 Å². The van der Waals surface area contributed by atoms with E-state index >= 15 is 0 Å². The Bertz CT molecular complexity index is 623. The van der Waals surface area contributed by atoms with Crippen molar-refractivity contribution in [1.82, 2.24) is 0 Å². The van der Waals surface area contributed by atoms with Gasteiger partial charge < -0.3 is 9.64 Å². The smallest absolute Gasteiger partial charge is 0.306 e. The molecule has 6 heteroatoms. The molecule has 1 aliphatic rings. The molecule has 1 amide bonds. The van der Waals surface area contributed by atoms with E-state index in [-0.39, 0.29) is 24.4 Å². The van der Waals surface area contributed by atoms with Crippen LogP contribution >= 0.6 is 0 Å². The predicted octanol–water partition coefficient (Wildman–Crippen LogP) is 3.15. The molecular weight excluding hydrogens is 292 g/mol. The van der Waals surface area contributed by atoms with Gasteiger partial charge >= 0.3 is 5.97 Å². The third-order valence-corrected chi connectivity index (χ3v) is 3.46. The van der Waals surface area contributed by atoms with Gasteiger partial charge in [0.1, 0.15) is 17.2 Å². The van der Waals surface area contributed by atoms with Crippen molar-refractivity contribution < 1.29 is 23.1 Å². The van der Waals surface area contributed by atoms with E-state index in [2.05, 4.69) is 0 Å². The summed E-state index contributed by atoms with van der Waals surface area (Å²) in [5.41, 5.74) is -0.292. The number of rotatable bonds is 2. The number of ether oxygens (including phenoxy) is 1. The van der Waals surface area contributed by atoms with Crippen molar-refractivity contribution in [3.63, 3.8) is 0 Å². The van der Waals surface area contributed by atoms with Gasteiger partial charge in [0.2, 0.25) is 5.91 Å². The highest BCUT2D eigenvalue weighted by Gasteiger charge is 2.34. The summed E-state index contributed by atoms with van der Waals surface area (Å²) in [6.07, 6.45) is -0.0711. The number of halogens is 2. The molecule has 4 nitrogen and oxygen atoms in total. The van der Waals surface area contributed by atoms with Crippen molar-refractivity contribution in [2.75, 3.05) is 11.9 Å². The zero-order valence-electron chi connectivity index (χ0n) is 13.1. The highest BCUT2D eigenvalue weighted by molar-refractivity contribution is 5.97. The molecule has 0 radical (unpaired) electrons. The van der Waals surface area contributed by atoms with Crippen LogP contribution in [0.15, 0.2) is 12.1 Å². The second-order valence-electron chi connectivity index (χ2n) is 6.47. The van der Waals surface area contributed by atoms with E-state index in [1.807, 2.05) is 0 Å². The molecule has 22 heavy (non-hydrogen) atoms. The van der Waals surface area contributed by atoms with Crippen molar-refractivity contribution >= 4 is 17.6 Å². The van der Waals surface area contributed by atoms with E-state index < -0.39 is 29.1 Å². The Morgan fingerprint density at radius 2 is 2.00 bits per heavy atom. The highest BCUT2D eigenvalue weighted by atomic mass is 19.1. The van der Waals surface area contributed by atoms with Crippen LogP contribution in [0.4, 0.5) is 14.5 Å². The second-order valence-corrected chi connectivity index (χ2v) is 6.47. The van der Waals surface area contributed by atoms with Crippen molar-refractivity contribution in [2.45, 2.75) is 45.1 Å². The maximum absolute atomic E-state index is 14.0. The topological polar surface area (TPSA) is 46.6 Å². The fraction of sp³-hybridized carbons (Fsp3) is 0.500. The Kier molecular flexibility index (Phi) is 4.22. The molecule has 1 aromatic rings. The monoisotopic (exact) mass is 311 g/mol. The first-order chi connectivity index (χ1) is 10.1. The highest BCUT2D eigenvalue weighted by Crippen LogP contribution is 2.39. The molecular formula is C16H19F2NO3. The summed E-state index contributed by atoms with van der Waals surface area (Å²) >= 11 is 0. The van der Waals surface area contributed by atoms with Gasteiger partial charge in [-0.3, -0.25) is 9.59 Å². The molecule has 1 aromatic carbocycles. The molecule has 1 heterocycles. The van der Waals surface area contributed by atoms with Crippen molar-refractivity contribution in [2.24, 2.45) is 0 Å². The fourth-order valence-electron chi connectivity index (χ4n) is 2.60. The van der Waals surface area contributed by atoms with Crippen LogP contribution < -0.4 is 4.90 Å². The van der Waals surface area contributed by atoms with Crippen LogP contribution in [0.5, 0.6) is 0 Å². The number of amides is 1. The van der Waals surface area contributed by atoms with Crippen LogP contribution in [0.25, 0.3) is 0 Å². The number of nitrogens with zero attached hydrogens (tertiary/aromatic N) is 1. The average Bonchev–Trinajstić information content (AvgIpc) is 2.32. The lowest BCUT2D eigenvalue weighted by Gasteiger charge is -2.32. The summed E-state index contributed by atoms with van der Waals surface area (Å²) in [7, 11) is 1.44. The van der Waals surface area contributed by atoms with E-state index in [1.54, 1.807) is 20.8 Å². The van der Waals surface area contributed by atoms with Gasteiger partial charge in [-0.1, -0.05) is 0 Å². The third kappa shape index (κ3) is 3.43. The van der Waals surface area contributed by atoms with Gasteiger partial charge in [-0.2, -0.15) is 0 Å². The molecule has 1 unspecified atom stereocenters. The van der Waals surface area contributed by atoms with Gasteiger partial charge in [-0.25, -0.2) is 8.78 Å². The first-order valence-electron chi connectivity index (χ1n) is 7.06. The Morgan fingerprint density at radius 3 is 2.59 bits per heavy atom. The molecule has 0 saturated carbocycles. The van der Waals surface area contributed by atoms with Crippen LogP contribution in [0.3, 0.4) is 0 Å². The molecule has 0 fully saturated rings. The summed E-state index contributed by atoms with van der Waals surface area (Å²) in [5, 5.41) is 0. The van der Waals surface area contributed by atoms with E-state index in [9.17, 15) is 18.4 Å². The third-order valence-electron chi connectivity index (χ3n) is 3.46. The molecule has 120 valence electrons. The number of fused-ring (bicyclic) bond motifs is 1. The molecule has 1 aliphatic heterocycles. The predicted molar refractivity (Wildman–Crippen MR) is 77.6 cm³/mol. The Labute approximate surface area is 128 Å². The minimum absolute atomic E-state index is 0.0195. The van der Waals surface area contributed by atoms with Gasteiger partial charge in [-0.05, 0) is 32.4 Å². The quantitative estimate of drug-likeness (QED) is 0.788. The lowest BCUT2D eigenvalue weighted by molar-refractivity contribution is -0.155. The van der Waals surface area contributed by atoms with Gasteiger partial charge in [0.05, 0.1) is 12.1 Å². The first kappa shape index (κ1) is 16.4. The standard InChI is InChI=1S/C16H19F2NO3/c1-16(2,3)22-14(21)6-9-5-13(20)19(4)15-11(9)7-10(17)8-12(15)18/h7-9H,5-6H2,1-4H3. The van der Waals surface area contributed by atoms with E-state index in [0.717, 1.165) is 11.0 Å². The molecule has 0 saturated heterocycles. The van der Waals surface area contributed by atoms with Crippen LogP contribution in [-0.2, 0) is 14.3 Å². The van der Waals surface area contributed by atoms with Crippen LogP contribution in [0.2, 0.25) is 0 Å². The number of hydrogen-bond acceptors (Lipinski definition) is 3. The van der Waals surface area contributed by atoms with Crippen LogP contribution in [-0.4, -0.2) is 24.5 Å². The number of carbonyl (C=O) groups is 2. The SMILES string of the molecule is CN1C(=O)CC(CC(=O)OC(C)(C)C)c2cc(F)cc(F)c21. The maximum atomic E-state index is 14.0. The Hall–Kier alpha value is -1.98. The maximum Gasteiger partial charge on any atom is 0.306 e. The molecule has 0 spiro atoms. The lowest BCUT2D eigenvalue weighted by atomic mass is 9.87. The van der Waals surface area contributed by atoms with Crippen LogP contribution in [0, 0.1) is 11.6 Å². The average molecular weight is 311 g/mol. The summed E-state index contributed by atoms with van der Waals surface area (Å²) < 4.78 is 32.7. The molecule has 2 rings (SSSR count). The minimum Gasteiger partial charge on any atom is -0.460 e. The van der Waals surface area contributed by atoms with E-state index in [4.69, 9.17) is 4.74 Å². The zero-order chi connectivity index (χ0) is 16.7. The summed E-state index contributed by atoms with van der Waals surface area (Å²) in [5.74, 6) is -2.93. The zero-order valence-corrected chi connectivity index (χ0v) is 13.1. The Morgan fingerprint density at radius 1 is 1.36 bits per heavy atom. The van der Waals surface area contributed by atoms with Crippen molar-refractivity contribution in [3.8, 4) is 0 Å². The summed E-state index contributed by atoms with van der Waals surface area (Å²) in [4.78, 5) is 25.1. The summed E-state index contributed by atoms with van der Waals surface area (Å²) in [6.45, 7) is 5.20. The fourth-order valence-corrected chi connectivity index (χ4v) is 2.60. The molecule has 0 aromatic heterocycles. The van der Waals surface area contributed by atoms with Gasteiger partial charge in [0.15, 0.2) is 0 Å². The van der Waals surface area contributed by atoms with Gasteiger partial charge in [0.25, 0.3) is 0 Å². The first-order valence-corrected chi connectivity index (χ1v) is 7.06. The number of esters is 1. The molecule has 1 atom stereocenters. The number of hydrogen-bond donors (Lipinski definition) is 0. The van der Waals surface area contributed by atoms with Crippen molar-refractivity contribution in [1.29, 1.82) is 0 Å². The summed E-state index contributed by atoms with van der Waals surface area (Å²) in [6, 6.07) is 1.91. The molecule has 0 aliphatic carbocycles. The number of carbonyl (C=O) groups excluding carboxylic acids is 2. The normalized spacial score (nSPS) is 18.2. The second kappa shape index (κ2) is 5.66. The molecule has 0 N–H and O–H groups in total. The number of benzene rings is 1. The van der Waals surface area contributed by atoms with Gasteiger partial charge in [-0.15, -0.1) is 0 Å². The largest absolute Gasteiger partial charge is 0.460 e. The lowest BCUT2D eigenvalue weighted by Crippen LogP contribution is -2.35. The van der Waals surface area contributed by atoms with Crippen molar-refractivity contribution in [3.05, 3.63) is 29.3 Å². The van der Waals surface area contributed by atoms with E-state index in [0.29, 0.717) is 5.56 Å². The Balaban J connectivity index is 2.33.